The van der Waals surface area contributed by atoms with Crippen LogP contribution >= 0.6 is 0 Å². The lowest BCUT2D eigenvalue weighted by Crippen LogP contribution is -2.28. The van der Waals surface area contributed by atoms with Crippen molar-refractivity contribution in [1.82, 2.24) is 20.3 Å². The summed E-state index contributed by atoms with van der Waals surface area (Å²) >= 11 is 0. The number of aromatic amines is 1. The summed E-state index contributed by atoms with van der Waals surface area (Å²) < 4.78 is 0. The normalized spacial score (nSPS) is 11.7. The van der Waals surface area contributed by atoms with Crippen LogP contribution in [0.2, 0.25) is 0 Å². The number of amides is 1. The molecule has 7 nitrogen and oxygen atoms in total. The van der Waals surface area contributed by atoms with Crippen LogP contribution in [0.3, 0.4) is 0 Å². The molecule has 0 aliphatic rings. The quantitative estimate of drug-likeness (QED) is 0.587. The largest absolute Gasteiger partial charge is 0.345 e. The van der Waals surface area contributed by atoms with Crippen LogP contribution < -0.4 is 5.32 Å². The zero-order valence-electron chi connectivity index (χ0n) is 13.0. The monoisotopic (exact) mass is 314 g/mol. The van der Waals surface area contributed by atoms with Crippen LogP contribution in [0.5, 0.6) is 0 Å². The van der Waals surface area contributed by atoms with E-state index in [1.807, 2.05) is 13.0 Å². The van der Waals surface area contributed by atoms with E-state index in [-0.39, 0.29) is 18.2 Å². The minimum absolute atomic E-state index is 0.0768. The van der Waals surface area contributed by atoms with Crippen molar-refractivity contribution in [2.45, 2.75) is 26.8 Å². The van der Waals surface area contributed by atoms with Crippen LogP contribution in [-0.2, 0) is 22.6 Å². The SMILES string of the molecule is CC(=O)C(=O)NCc1ccnc(CC(C)C(=O)c2ncc[nH]2)c1. The van der Waals surface area contributed by atoms with Crippen molar-refractivity contribution in [2.75, 3.05) is 0 Å². The highest BCUT2D eigenvalue weighted by Crippen LogP contribution is 2.12. The van der Waals surface area contributed by atoms with E-state index in [2.05, 4.69) is 20.3 Å². The second-order valence-electron chi connectivity index (χ2n) is 5.30. The topological polar surface area (TPSA) is 105 Å². The Balaban J connectivity index is 1.98. The molecule has 0 saturated carbocycles. The second-order valence-corrected chi connectivity index (χ2v) is 5.30. The molecule has 1 atom stereocenters. The lowest BCUT2D eigenvalue weighted by atomic mass is 9.99. The van der Waals surface area contributed by atoms with Gasteiger partial charge in [-0.3, -0.25) is 19.4 Å². The smallest absolute Gasteiger partial charge is 0.287 e. The molecule has 1 unspecified atom stereocenters. The van der Waals surface area contributed by atoms with Crippen LogP contribution in [0.1, 0.15) is 35.7 Å². The molecule has 0 fully saturated rings. The Bertz CT molecular complexity index is 710. The molecule has 0 aromatic carbocycles. The highest BCUT2D eigenvalue weighted by atomic mass is 16.2. The average Bonchev–Trinajstić information content (AvgIpc) is 3.06. The number of aromatic nitrogens is 3. The van der Waals surface area contributed by atoms with Crippen LogP contribution in [-0.4, -0.2) is 32.4 Å². The molecule has 1 amide bonds. The molecule has 0 saturated heterocycles. The molecule has 2 N–H and O–H groups in total. The molecule has 2 rings (SSSR count). The molecule has 2 aromatic heterocycles. The van der Waals surface area contributed by atoms with Gasteiger partial charge in [-0.15, -0.1) is 0 Å². The minimum Gasteiger partial charge on any atom is -0.345 e. The third-order valence-corrected chi connectivity index (χ3v) is 3.35. The molecule has 0 radical (unpaired) electrons. The fourth-order valence-electron chi connectivity index (χ4n) is 2.10. The molecular formula is C16H18N4O3. The number of Topliss-reactive ketones (excluding diaryl/α,β-unsaturated/α-hetero) is 2. The van der Waals surface area contributed by atoms with E-state index in [0.29, 0.717) is 12.2 Å². The van der Waals surface area contributed by atoms with Crippen LogP contribution in [0, 0.1) is 5.92 Å². The molecule has 2 aromatic rings. The first kappa shape index (κ1) is 16.5. The molecular weight excluding hydrogens is 296 g/mol. The van der Waals surface area contributed by atoms with E-state index < -0.39 is 11.7 Å². The van der Waals surface area contributed by atoms with Crippen LogP contribution in [0.15, 0.2) is 30.7 Å². The third-order valence-electron chi connectivity index (χ3n) is 3.35. The van der Waals surface area contributed by atoms with Gasteiger partial charge in [0.15, 0.2) is 5.82 Å². The maximum Gasteiger partial charge on any atom is 0.287 e. The molecule has 0 bridgehead atoms. The Labute approximate surface area is 133 Å². The summed E-state index contributed by atoms with van der Waals surface area (Å²) in [6.07, 6.45) is 5.23. The van der Waals surface area contributed by atoms with Gasteiger partial charge >= 0.3 is 0 Å². The molecule has 7 heteroatoms. The Morgan fingerprint density at radius 2 is 2.04 bits per heavy atom. The lowest BCUT2D eigenvalue weighted by molar-refractivity contribution is -0.136. The maximum absolute atomic E-state index is 12.2. The van der Waals surface area contributed by atoms with Crippen molar-refractivity contribution in [2.24, 2.45) is 5.92 Å². The maximum atomic E-state index is 12.2. The first-order valence-electron chi connectivity index (χ1n) is 7.23. The molecule has 0 aliphatic heterocycles. The third kappa shape index (κ3) is 4.57. The van der Waals surface area contributed by atoms with Gasteiger partial charge in [0.05, 0.1) is 0 Å². The zero-order valence-corrected chi connectivity index (χ0v) is 13.0. The molecule has 0 aliphatic carbocycles. The van der Waals surface area contributed by atoms with Gasteiger partial charge in [-0.1, -0.05) is 6.92 Å². The number of carbonyl (C=O) groups excluding carboxylic acids is 3. The van der Waals surface area contributed by atoms with Crippen LogP contribution in [0.25, 0.3) is 0 Å². The number of pyridine rings is 1. The van der Waals surface area contributed by atoms with Gasteiger partial charge in [-0.25, -0.2) is 4.98 Å². The summed E-state index contributed by atoms with van der Waals surface area (Å²) in [5.74, 6) is -1.16. The summed E-state index contributed by atoms with van der Waals surface area (Å²) in [7, 11) is 0. The molecule has 0 spiro atoms. The summed E-state index contributed by atoms with van der Waals surface area (Å²) in [4.78, 5) is 45.3. The number of nitrogens with one attached hydrogen (secondary N) is 2. The van der Waals surface area contributed by atoms with E-state index in [1.165, 1.54) is 13.1 Å². The number of ketones is 2. The predicted octanol–water partition coefficient (Wildman–Crippen LogP) is 1.07. The lowest BCUT2D eigenvalue weighted by Gasteiger charge is -2.10. The molecule has 23 heavy (non-hydrogen) atoms. The fraction of sp³-hybridized carbons (Fsp3) is 0.312. The highest BCUT2D eigenvalue weighted by Gasteiger charge is 2.18. The van der Waals surface area contributed by atoms with Gasteiger partial charge in [0, 0.05) is 43.7 Å². The number of carbonyl (C=O) groups is 3. The number of rotatable bonds is 7. The number of hydrogen-bond donors (Lipinski definition) is 2. The molecule has 120 valence electrons. The van der Waals surface area contributed by atoms with E-state index in [0.717, 1.165) is 11.3 Å². The number of hydrogen-bond acceptors (Lipinski definition) is 5. The van der Waals surface area contributed by atoms with Gasteiger partial charge in [0.25, 0.3) is 5.91 Å². The Morgan fingerprint density at radius 3 is 2.70 bits per heavy atom. The van der Waals surface area contributed by atoms with Crippen molar-refractivity contribution in [3.63, 3.8) is 0 Å². The van der Waals surface area contributed by atoms with E-state index >= 15 is 0 Å². The first-order valence-corrected chi connectivity index (χ1v) is 7.23. The average molecular weight is 314 g/mol. The van der Waals surface area contributed by atoms with Gasteiger partial charge in [0.1, 0.15) is 0 Å². The van der Waals surface area contributed by atoms with Crippen molar-refractivity contribution in [3.8, 4) is 0 Å². The van der Waals surface area contributed by atoms with Crippen molar-refractivity contribution in [1.29, 1.82) is 0 Å². The number of imidazole rings is 1. The number of nitrogens with zero attached hydrogens (tertiary/aromatic N) is 2. The van der Waals surface area contributed by atoms with Crippen molar-refractivity contribution >= 4 is 17.5 Å². The summed E-state index contributed by atoms with van der Waals surface area (Å²) in [5.41, 5.74) is 1.56. The van der Waals surface area contributed by atoms with E-state index in [4.69, 9.17) is 0 Å². The standard InChI is InChI=1S/C16H18N4O3/c1-10(14(22)15-18-5-6-19-15)7-13-8-12(3-4-17-13)9-20-16(23)11(2)21/h3-6,8,10H,7,9H2,1-2H3,(H,18,19)(H,20,23). The first-order chi connectivity index (χ1) is 11.0. The fourth-order valence-corrected chi connectivity index (χ4v) is 2.10. The van der Waals surface area contributed by atoms with E-state index in [9.17, 15) is 14.4 Å². The Morgan fingerprint density at radius 1 is 1.26 bits per heavy atom. The summed E-state index contributed by atoms with van der Waals surface area (Å²) in [6, 6.07) is 3.56. The van der Waals surface area contributed by atoms with Gasteiger partial charge in [-0.2, -0.15) is 0 Å². The van der Waals surface area contributed by atoms with Gasteiger partial charge < -0.3 is 10.3 Å². The van der Waals surface area contributed by atoms with Crippen LogP contribution in [0.4, 0.5) is 0 Å². The zero-order chi connectivity index (χ0) is 16.8. The Hall–Kier alpha value is -2.83. The minimum atomic E-state index is -0.621. The highest BCUT2D eigenvalue weighted by molar-refractivity contribution is 6.35. The van der Waals surface area contributed by atoms with Gasteiger partial charge in [-0.05, 0) is 24.1 Å². The number of H-pyrrole nitrogens is 1. The Kier molecular flexibility index (Phi) is 5.35. The predicted molar refractivity (Wildman–Crippen MR) is 82.6 cm³/mol. The van der Waals surface area contributed by atoms with Crippen molar-refractivity contribution < 1.29 is 14.4 Å². The van der Waals surface area contributed by atoms with E-state index in [1.54, 1.807) is 18.5 Å². The van der Waals surface area contributed by atoms with Gasteiger partial charge in [0.2, 0.25) is 11.6 Å². The summed E-state index contributed by atoms with van der Waals surface area (Å²) in [6.45, 7) is 3.28. The molecule has 2 heterocycles. The second kappa shape index (κ2) is 7.44. The summed E-state index contributed by atoms with van der Waals surface area (Å²) in [5, 5.41) is 2.53. The van der Waals surface area contributed by atoms with Crippen molar-refractivity contribution in [3.05, 3.63) is 47.8 Å².